The number of pyridine rings is 1. The van der Waals surface area contributed by atoms with E-state index in [1.54, 1.807) is 12.3 Å². The molecule has 3 aromatic carbocycles. The molecule has 0 saturated heterocycles. The summed E-state index contributed by atoms with van der Waals surface area (Å²) in [5.74, 6) is 0. The number of hydrogen-bond acceptors (Lipinski definition) is 1. The summed E-state index contributed by atoms with van der Waals surface area (Å²) in [7, 11) is 0. The molecule has 140 valence electrons. The molecule has 0 saturated carbocycles. The van der Waals surface area contributed by atoms with E-state index in [1.807, 2.05) is 49.4 Å². The molecule has 0 atom stereocenters. The summed E-state index contributed by atoms with van der Waals surface area (Å²) in [4.78, 5) is 0. The molecular weight excluding hydrogens is 353 g/mol. The molecule has 0 radical (unpaired) electrons. The second-order valence-electron chi connectivity index (χ2n) is 7.07. The first-order valence-corrected chi connectivity index (χ1v) is 9.80. The lowest BCUT2D eigenvalue weighted by Crippen LogP contribution is -2.44. The zero-order chi connectivity index (χ0) is 20.1. The van der Waals surface area contributed by atoms with Crippen molar-refractivity contribution in [3.8, 4) is 0 Å². The summed E-state index contributed by atoms with van der Waals surface area (Å²) in [5.41, 5.74) is 6.30. The lowest BCUT2D eigenvalue weighted by molar-refractivity contribution is -0.608. The molecule has 4 rings (SSSR count). The van der Waals surface area contributed by atoms with Crippen LogP contribution in [0.4, 0.5) is 0 Å². The average molecular weight is 375 g/mol. The van der Waals surface area contributed by atoms with Crippen LogP contribution in [0.2, 0.25) is 0 Å². The van der Waals surface area contributed by atoms with Gasteiger partial charge in [-0.15, -0.1) is 0 Å². The topological polar surface area (TPSA) is 26.9 Å². The number of aromatic nitrogens is 1. The van der Waals surface area contributed by atoms with Crippen molar-refractivity contribution in [2.45, 2.75) is 6.92 Å². The summed E-state index contributed by atoms with van der Waals surface area (Å²) in [6.07, 6.45) is 1.56. The highest BCUT2D eigenvalue weighted by Gasteiger charge is 2.28. The van der Waals surface area contributed by atoms with Crippen LogP contribution < -0.4 is 15.7 Å². The van der Waals surface area contributed by atoms with Crippen molar-refractivity contribution in [3.05, 3.63) is 132 Å². The van der Waals surface area contributed by atoms with E-state index in [4.69, 9.17) is 0 Å². The Hall–Kier alpha value is -3.59. The predicted octanol–water partition coefficient (Wildman–Crippen LogP) is 4.10. The minimum Gasteiger partial charge on any atom is -0.618 e. The highest BCUT2D eigenvalue weighted by atomic mass is 16.5. The maximum Gasteiger partial charge on any atom is 0.242 e. The van der Waals surface area contributed by atoms with Gasteiger partial charge in [-0.25, -0.2) is 0 Å². The van der Waals surface area contributed by atoms with E-state index >= 15 is 0 Å². The maximum absolute atomic E-state index is 12.6. The van der Waals surface area contributed by atoms with Crippen molar-refractivity contribution in [3.63, 3.8) is 0 Å². The minimum absolute atomic E-state index is 0.0139. The molecule has 0 spiro atoms. The van der Waals surface area contributed by atoms with Crippen molar-refractivity contribution in [1.82, 2.24) is 0 Å². The van der Waals surface area contributed by atoms with Crippen LogP contribution >= 0.6 is 0 Å². The van der Waals surface area contributed by atoms with Crippen molar-refractivity contribution in [2.24, 2.45) is 0 Å². The number of benzene rings is 3. The number of hydrogen-bond donors (Lipinski definition) is 0. The molecule has 4 aromatic rings. The monoisotopic (exact) mass is 375 g/mol. The van der Waals surface area contributed by atoms with Crippen LogP contribution in [0, 0.1) is 5.21 Å². The van der Waals surface area contributed by atoms with Gasteiger partial charge in [0.25, 0.3) is 0 Å². The second kappa shape index (κ2) is 8.62. The third-order valence-electron chi connectivity index (χ3n) is 5.25. The Labute approximate surface area is 172 Å². The lowest BCUT2D eigenvalue weighted by atomic mass is 9.34. The third-order valence-corrected chi connectivity index (χ3v) is 5.25. The highest BCUT2D eigenvalue weighted by Crippen LogP contribution is 2.27. The largest absolute Gasteiger partial charge is 0.618 e. The Bertz CT molecular complexity index is 1070. The van der Waals surface area contributed by atoms with Crippen LogP contribution in [0.15, 0.2) is 115 Å². The molecule has 0 unspecified atom stereocenters. The van der Waals surface area contributed by atoms with Gasteiger partial charge in [-0.1, -0.05) is 107 Å². The van der Waals surface area contributed by atoms with Gasteiger partial charge in [0, 0.05) is 17.7 Å². The Balaban J connectivity index is 2.03. The van der Waals surface area contributed by atoms with Crippen LogP contribution in [-0.4, -0.2) is 6.71 Å². The molecule has 0 aliphatic heterocycles. The van der Waals surface area contributed by atoms with Crippen molar-refractivity contribution in [2.75, 3.05) is 0 Å². The fourth-order valence-electron chi connectivity index (χ4n) is 3.89. The van der Waals surface area contributed by atoms with E-state index in [2.05, 4.69) is 60.7 Å². The second-order valence-corrected chi connectivity index (χ2v) is 7.07. The summed E-state index contributed by atoms with van der Waals surface area (Å²) < 4.78 is 0.950. The van der Waals surface area contributed by atoms with Gasteiger partial charge in [0.1, 0.15) is 0 Å². The minimum atomic E-state index is 0.0139. The normalized spacial score (nSPS) is 11.6. The number of nitrogens with zero attached hydrogens (tertiary/aromatic N) is 1. The molecule has 0 fully saturated rings. The highest BCUT2D eigenvalue weighted by molar-refractivity contribution is 7.00. The van der Waals surface area contributed by atoms with E-state index in [1.165, 1.54) is 10.9 Å². The molecule has 1 aromatic heterocycles. The van der Waals surface area contributed by atoms with E-state index in [0.717, 1.165) is 21.3 Å². The van der Waals surface area contributed by atoms with E-state index in [0.29, 0.717) is 5.69 Å². The SMILES string of the molecule is C/C(=C(/B(c1ccccc1)c1ccccc1)c1ccccc1)c1cccc[n+]1[O-]. The van der Waals surface area contributed by atoms with Crippen molar-refractivity contribution < 1.29 is 4.73 Å². The molecule has 1 heterocycles. The summed E-state index contributed by atoms with van der Waals surface area (Å²) in [6.45, 7) is 2.06. The summed E-state index contributed by atoms with van der Waals surface area (Å²) in [5, 5.41) is 12.6. The number of rotatable bonds is 5. The molecule has 29 heavy (non-hydrogen) atoms. The van der Waals surface area contributed by atoms with Crippen LogP contribution in [0.3, 0.4) is 0 Å². The van der Waals surface area contributed by atoms with E-state index < -0.39 is 0 Å². The molecule has 0 bridgehead atoms. The fourth-order valence-corrected chi connectivity index (χ4v) is 3.89. The standard InChI is InChI=1S/C26H22BNO/c1-21(25-19-11-12-20-28(25)29)26(22-13-5-2-6-14-22)27(23-15-7-3-8-16-23)24-17-9-4-10-18-24/h2-20H,1H3/b26-21-. The molecular formula is C26H22BNO. The van der Waals surface area contributed by atoms with Gasteiger partial charge in [0.15, 0.2) is 6.20 Å². The zero-order valence-corrected chi connectivity index (χ0v) is 16.4. The Kier molecular flexibility index (Phi) is 5.57. The van der Waals surface area contributed by atoms with Gasteiger partial charge in [0.05, 0.1) is 0 Å². The summed E-state index contributed by atoms with van der Waals surface area (Å²) in [6, 6.07) is 36.9. The van der Waals surface area contributed by atoms with Crippen LogP contribution in [-0.2, 0) is 0 Å². The van der Waals surface area contributed by atoms with Gasteiger partial charge >= 0.3 is 0 Å². The predicted molar refractivity (Wildman–Crippen MR) is 122 cm³/mol. The molecule has 2 nitrogen and oxygen atoms in total. The molecule has 0 aliphatic carbocycles. The quantitative estimate of drug-likeness (QED) is 0.293. The van der Waals surface area contributed by atoms with Crippen molar-refractivity contribution in [1.29, 1.82) is 0 Å². The summed E-state index contributed by atoms with van der Waals surface area (Å²) >= 11 is 0. The Morgan fingerprint density at radius 3 is 1.66 bits per heavy atom. The van der Waals surface area contributed by atoms with Gasteiger partial charge in [-0.2, -0.15) is 4.73 Å². The van der Waals surface area contributed by atoms with Crippen LogP contribution in [0.25, 0.3) is 11.0 Å². The molecule has 0 N–H and O–H groups in total. The van der Waals surface area contributed by atoms with Crippen LogP contribution in [0.5, 0.6) is 0 Å². The van der Waals surface area contributed by atoms with Crippen molar-refractivity contribution >= 4 is 28.7 Å². The van der Waals surface area contributed by atoms with Gasteiger partial charge in [-0.3, -0.25) is 0 Å². The molecule has 3 heteroatoms. The average Bonchev–Trinajstić information content (AvgIpc) is 2.79. The Morgan fingerprint density at radius 2 is 1.14 bits per heavy atom. The third kappa shape index (κ3) is 3.99. The molecule has 0 aliphatic rings. The lowest BCUT2D eigenvalue weighted by Gasteiger charge is -2.22. The van der Waals surface area contributed by atoms with Gasteiger partial charge < -0.3 is 5.21 Å². The Morgan fingerprint density at radius 1 is 0.655 bits per heavy atom. The number of allylic oxidation sites excluding steroid dienone is 1. The fraction of sp³-hybridized carbons (Fsp3) is 0.0385. The van der Waals surface area contributed by atoms with E-state index in [9.17, 15) is 5.21 Å². The van der Waals surface area contributed by atoms with Crippen LogP contribution in [0.1, 0.15) is 18.2 Å². The van der Waals surface area contributed by atoms with Gasteiger partial charge in [0.2, 0.25) is 12.4 Å². The maximum atomic E-state index is 12.6. The first-order chi connectivity index (χ1) is 14.3. The zero-order valence-electron chi connectivity index (χ0n) is 16.4. The smallest absolute Gasteiger partial charge is 0.242 e. The van der Waals surface area contributed by atoms with Gasteiger partial charge in [-0.05, 0) is 18.6 Å². The first kappa shape index (κ1) is 18.8. The first-order valence-electron chi connectivity index (χ1n) is 9.80. The van der Waals surface area contributed by atoms with E-state index in [-0.39, 0.29) is 6.71 Å². The molecule has 0 amide bonds.